The lowest BCUT2D eigenvalue weighted by Crippen LogP contribution is -2.51. The van der Waals surface area contributed by atoms with E-state index in [1.165, 1.54) is 7.11 Å². The summed E-state index contributed by atoms with van der Waals surface area (Å²) in [7, 11) is 1.36. The molecule has 0 saturated heterocycles. The molecule has 2 heterocycles. The molecule has 2 N–H and O–H groups in total. The van der Waals surface area contributed by atoms with Gasteiger partial charge >= 0.3 is 5.97 Å². The number of ether oxygens (including phenoxy) is 1. The molecule has 0 saturated carbocycles. The molecule has 8 heteroatoms. The zero-order valence-corrected chi connectivity index (χ0v) is 22.9. The van der Waals surface area contributed by atoms with Gasteiger partial charge in [0.1, 0.15) is 6.04 Å². The standard InChI is InChI=1S/C30H29BrN4O3/c1-19-13-20(14-23(31)28(19)32)16-34-18-33-24-17-35(26(15-25(24)34)30(37)38-2)29(36)27(21-9-5-3-6-10-21)22-11-7-4-8-12-22/h3-14,18,26-27H,15-17,32H2,1-2H3. The molecule has 0 fully saturated rings. The molecule has 1 unspecified atom stereocenters. The number of halogens is 1. The Morgan fingerprint density at radius 2 is 1.71 bits per heavy atom. The van der Waals surface area contributed by atoms with E-state index in [1.807, 2.05) is 84.3 Å². The van der Waals surface area contributed by atoms with Gasteiger partial charge in [0.05, 0.1) is 31.6 Å². The Labute approximate surface area is 230 Å². The quantitative estimate of drug-likeness (QED) is 0.263. The lowest BCUT2D eigenvalue weighted by atomic mass is 9.88. The number of benzene rings is 3. The lowest BCUT2D eigenvalue weighted by molar-refractivity contribution is -0.154. The molecule has 194 valence electrons. The number of nitrogen functional groups attached to an aromatic ring is 1. The third kappa shape index (κ3) is 4.96. The first-order chi connectivity index (χ1) is 18.4. The van der Waals surface area contributed by atoms with Gasteiger partial charge < -0.3 is 19.9 Å². The molecule has 1 aliphatic heterocycles. The zero-order chi connectivity index (χ0) is 26.8. The molecule has 0 aliphatic carbocycles. The molecule has 1 amide bonds. The maximum Gasteiger partial charge on any atom is 0.328 e. The number of fused-ring (bicyclic) bond motifs is 1. The van der Waals surface area contributed by atoms with Crippen molar-refractivity contribution in [3.05, 3.63) is 117 Å². The molecule has 0 spiro atoms. The summed E-state index contributed by atoms with van der Waals surface area (Å²) in [6.45, 7) is 2.77. The summed E-state index contributed by atoms with van der Waals surface area (Å²) in [5.41, 5.74) is 12.3. The molecule has 3 aromatic carbocycles. The highest BCUT2D eigenvalue weighted by Crippen LogP contribution is 2.32. The van der Waals surface area contributed by atoms with Crippen LogP contribution in [0.5, 0.6) is 0 Å². The van der Waals surface area contributed by atoms with Crippen molar-refractivity contribution in [2.24, 2.45) is 0 Å². The van der Waals surface area contributed by atoms with Crippen LogP contribution in [0, 0.1) is 6.92 Å². The van der Waals surface area contributed by atoms with Crippen LogP contribution in [0.4, 0.5) is 5.69 Å². The van der Waals surface area contributed by atoms with Crippen molar-refractivity contribution in [1.29, 1.82) is 0 Å². The first-order valence-electron chi connectivity index (χ1n) is 12.4. The first-order valence-corrected chi connectivity index (χ1v) is 13.2. The third-order valence-electron chi connectivity index (χ3n) is 7.13. The van der Waals surface area contributed by atoms with Crippen molar-refractivity contribution in [1.82, 2.24) is 14.5 Å². The fourth-order valence-electron chi connectivity index (χ4n) is 5.14. The van der Waals surface area contributed by atoms with Crippen molar-refractivity contribution in [2.45, 2.75) is 38.4 Å². The predicted octanol–water partition coefficient (Wildman–Crippen LogP) is 4.84. The van der Waals surface area contributed by atoms with Gasteiger partial charge in [-0.25, -0.2) is 9.78 Å². The first kappa shape index (κ1) is 25.7. The van der Waals surface area contributed by atoms with E-state index < -0.39 is 17.9 Å². The molecule has 1 atom stereocenters. The number of nitrogens with two attached hydrogens (primary N) is 1. The number of anilines is 1. The van der Waals surface area contributed by atoms with E-state index in [-0.39, 0.29) is 12.5 Å². The van der Waals surface area contributed by atoms with E-state index in [2.05, 4.69) is 20.9 Å². The summed E-state index contributed by atoms with van der Waals surface area (Å²) in [4.78, 5) is 33.5. The van der Waals surface area contributed by atoms with Crippen LogP contribution in [-0.4, -0.2) is 39.5 Å². The number of aryl methyl sites for hydroxylation is 1. The van der Waals surface area contributed by atoms with Crippen molar-refractivity contribution < 1.29 is 14.3 Å². The number of imidazole rings is 1. The van der Waals surface area contributed by atoms with Gasteiger partial charge in [-0.1, -0.05) is 66.7 Å². The molecule has 38 heavy (non-hydrogen) atoms. The van der Waals surface area contributed by atoms with Crippen LogP contribution in [-0.2, 0) is 33.8 Å². The maximum atomic E-state index is 14.2. The minimum atomic E-state index is -0.759. The molecule has 0 bridgehead atoms. The Hall–Kier alpha value is -3.91. The number of esters is 1. The van der Waals surface area contributed by atoms with E-state index in [4.69, 9.17) is 10.5 Å². The van der Waals surface area contributed by atoms with Crippen LogP contribution in [0.15, 0.2) is 83.6 Å². The number of carbonyl (C=O) groups is 2. The van der Waals surface area contributed by atoms with Gasteiger partial charge in [0.25, 0.3) is 0 Å². The highest BCUT2D eigenvalue weighted by Gasteiger charge is 2.40. The van der Waals surface area contributed by atoms with E-state index in [1.54, 1.807) is 11.2 Å². The third-order valence-corrected chi connectivity index (χ3v) is 7.79. The average molecular weight is 573 g/mol. The van der Waals surface area contributed by atoms with Crippen LogP contribution < -0.4 is 5.73 Å². The monoisotopic (exact) mass is 572 g/mol. The highest BCUT2D eigenvalue weighted by molar-refractivity contribution is 9.10. The van der Waals surface area contributed by atoms with E-state index in [0.717, 1.165) is 38.1 Å². The number of amides is 1. The Bertz CT molecular complexity index is 1410. The van der Waals surface area contributed by atoms with Gasteiger partial charge in [0, 0.05) is 28.8 Å². The second kappa shape index (κ2) is 10.8. The van der Waals surface area contributed by atoms with Gasteiger partial charge in [-0.05, 0) is 51.2 Å². The molecule has 0 radical (unpaired) electrons. The van der Waals surface area contributed by atoms with Crippen molar-refractivity contribution in [2.75, 3.05) is 12.8 Å². The zero-order valence-electron chi connectivity index (χ0n) is 21.3. The smallest absolute Gasteiger partial charge is 0.328 e. The Morgan fingerprint density at radius 3 is 2.29 bits per heavy atom. The fraction of sp³-hybridized carbons (Fsp3) is 0.233. The van der Waals surface area contributed by atoms with E-state index in [0.29, 0.717) is 18.7 Å². The minimum Gasteiger partial charge on any atom is -0.467 e. The average Bonchev–Trinajstić information content (AvgIpc) is 3.33. The highest BCUT2D eigenvalue weighted by atomic mass is 79.9. The summed E-state index contributed by atoms with van der Waals surface area (Å²) in [5.74, 6) is -1.15. The normalized spacial score (nSPS) is 14.8. The minimum absolute atomic E-state index is 0.156. The number of nitrogens with zero attached hydrogens (tertiary/aromatic N) is 3. The van der Waals surface area contributed by atoms with Crippen LogP contribution in [0.2, 0.25) is 0 Å². The Kier molecular flexibility index (Phi) is 7.33. The van der Waals surface area contributed by atoms with Gasteiger partial charge in [-0.15, -0.1) is 0 Å². The molecule has 7 nitrogen and oxygen atoms in total. The summed E-state index contributed by atoms with van der Waals surface area (Å²) < 4.78 is 8.06. The lowest BCUT2D eigenvalue weighted by Gasteiger charge is -2.36. The van der Waals surface area contributed by atoms with Gasteiger partial charge in [0.15, 0.2) is 0 Å². The summed E-state index contributed by atoms with van der Waals surface area (Å²) in [5, 5.41) is 0. The molecule has 1 aromatic heterocycles. The predicted molar refractivity (Wildman–Crippen MR) is 149 cm³/mol. The molecule has 4 aromatic rings. The summed E-state index contributed by atoms with van der Waals surface area (Å²) in [6, 6.07) is 22.6. The fourth-order valence-corrected chi connectivity index (χ4v) is 5.75. The van der Waals surface area contributed by atoms with Crippen molar-refractivity contribution in [3.63, 3.8) is 0 Å². The van der Waals surface area contributed by atoms with Crippen molar-refractivity contribution >= 4 is 33.5 Å². The summed E-state index contributed by atoms with van der Waals surface area (Å²) >= 11 is 3.53. The van der Waals surface area contributed by atoms with E-state index >= 15 is 0 Å². The number of carbonyl (C=O) groups excluding carboxylic acids is 2. The second-order valence-electron chi connectivity index (χ2n) is 9.54. The SMILES string of the molecule is COC(=O)C1Cc2c(ncn2Cc2cc(C)c(N)c(Br)c2)CN1C(=O)C(c1ccccc1)c1ccccc1. The van der Waals surface area contributed by atoms with Gasteiger partial charge in [-0.3, -0.25) is 4.79 Å². The number of methoxy groups -OCH3 is 1. The number of hydrogen-bond donors (Lipinski definition) is 1. The van der Waals surface area contributed by atoms with E-state index in [9.17, 15) is 9.59 Å². The number of hydrogen-bond acceptors (Lipinski definition) is 5. The Balaban J connectivity index is 1.50. The molecule has 5 rings (SSSR count). The number of rotatable bonds is 6. The maximum absolute atomic E-state index is 14.2. The summed E-state index contributed by atoms with van der Waals surface area (Å²) in [6.07, 6.45) is 2.09. The molecular formula is C30H29BrN4O3. The van der Waals surface area contributed by atoms with Gasteiger partial charge in [-0.2, -0.15) is 0 Å². The van der Waals surface area contributed by atoms with Crippen LogP contribution in [0.25, 0.3) is 0 Å². The number of aromatic nitrogens is 2. The topological polar surface area (TPSA) is 90.4 Å². The second-order valence-corrected chi connectivity index (χ2v) is 10.4. The largest absolute Gasteiger partial charge is 0.467 e. The Morgan fingerprint density at radius 1 is 1.08 bits per heavy atom. The molecule has 1 aliphatic rings. The van der Waals surface area contributed by atoms with Crippen LogP contribution in [0.3, 0.4) is 0 Å². The van der Waals surface area contributed by atoms with Crippen LogP contribution in [0.1, 0.15) is 39.6 Å². The van der Waals surface area contributed by atoms with Crippen LogP contribution >= 0.6 is 15.9 Å². The molecular weight excluding hydrogens is 544 g/mol. The van der Waals surface area contributed by atoms with Crippen molar-refractivity contribution in [3.8, 4) is 0 Å². The van der Waals surface area contributed by atoms with Gasteiger partial charge in [0.2, 0.25) is 5.91 Å².